The van der Waals surface area contributed by atoms with Crippen molar-refractivity contribution in [2.75, 3.05) is 18.4 Å². The Hall–Kier alpha value is -2.47. The van der Waals surface area contributed by atoms with Crippen molar-refractivity contribution in [1.29, 1.82) is 0 Å². The number of anilines is 1. The van der Waals surface area contributed by atoms with E-state index in [9.17, 15) is 14.0 Å². The highest BCUT2D eigenvalue weighted by molar-refractivity contribution is 6.30. The third-order valence-electron chi connectivity index (χ3n) is 4.22. The zero-order chi connectivity index (χ0) is 17.8. The average molecular weight is 362 g/mol. The van der Waals surface area contributed by atoms with Crippen molar-refractivity contribution in [1.82, 2.24) is 9.88 Å². The van der Waals surface area contributed by atoms with E-state index < -0.39 is 0 Å². The fraction of sp³-hybridized carbons (Fsp3) is 0.278. The molecular formula is C18H17ClFN3O2. The highest BCUT2D eigenvalue weighted by atomic mass is 35.5. The largest absolute Gasteiger partial charge is 0.339 e. The maximum Gasteiger partial charge on any atom is 0.253 e. The lowest BCUT2D eigenvalue weighted by Crippen LogP contribution is -2.41. The Bertz CT molecular complexity index is 757. The number of likely N-dealkylation sites (tertiary alicyclic amines) is 1. The van der Waals surface area contributed by atoms with E-state index in [1.807, 2.05) is 0 Å². The summed E-state index contributed by atoms with van der Waals surface area (Å²) in [5.41, 5.74) is 0.453. The van der Waals surface area contributed by atoms with Gasteiger partial charge < -0.3 is 10.2 Å². The third kappa shape index (κ3) is 4.33. The predicted octanol–water partition coefficient (Wildman–Crippen LogP) is 3.37. The van der Waals surface area contributed by atoms with Crippen LogP contribution < -0.4 is 5.32 Å². The topological polar surface area (TPSA) is 62.3 Å². The molecule has 0 aliphatic carbocycles. The van der Waals surface area contributed by atoms with Crippen molar-refractivity contribution in [3.05, 3.63) is 59.0 Å². The molecule has 1 aliphatic heterocycles. The van der Waals surface area contributed by atoms with Gasteiger partial charge in [-0.05, 0) is 49.2 Å². The fourth-order valence-corrected chi connectivity index (χ4v) is 2.91. The van der Waals surface area contributed by atoms with Crippen molar-refractivity contribution < 1.29 is 14.0 Å². The molecule has 1 fully saturated rings. The Morgan fingerprint density at radius 2 is 1.80 bits per heavy atom. The SMILES string of the molecule is O=C(Nc1ccc(Cl)cn1)C1CCN(C(=O)c2ccc(F)cc2)CC1. The molecule has 5 nitrogen and oxygen atoms in total. The number of pyridine rings is 1. The van der Waals surface area contributed by atoms with Gasteiger partial charge in [0.1, 0.15) is 11.6 Å². The van der Waals surface area contributed by atoms with E-state index >= 15 is 0 Å². The van der Waals surface area contributed by atoms with Gasteiger partial charge in [0.2, 0.25) is 5.91 Å². The second-order valence-corrected chi connectivity index (χ2v) is 6.36. The van der Waals surface area contributed by atoms with Crippen LogP contribution in [-0.4, -0.2) is 34.8 Å². The molecule has 1 saturated heterocycles. The first kappa shape index (κ1) is 17.4. The fourth-order valence-electron chi connectivity index (χ4n) is 2.80. The summed E-state index contributed by atoms with van der Waals surface area (Å²) in [6, 6.07) is 8.80. The normalized spacial score (nSPS) is 15.0. The molecule has 0 radical (unpaired) electrons. The lowest BCUT2D eigenvalue weighted by Gasteiger charge is -2.31. The Labute approximate surface area is 149 Å². The number of hydrogen-bond donors (Lipinski definition) is 1. The third-order valence-corrected chi connectivity index (χ3v) is 4.45. The molecule has 1 aromatic heterocycles. The minimum atomic E-state index is -0.372. The zero-order valence-corrected chi connectivity index (χ0v) is 14.2. The van der Waals surface area contributed by atoms with Crippen LogP contribution in [0.1, 0.15) is 23.2 Å². The van der Waals surface area contributed by atoms with Crippen LogP contribution in [0.3, 0.4) is 0 Å². The quantitative estimate of drug-likeness (QED) is 0.911. The molecule has 1 N–H and O–H groups in total. The van der Waals surface area contributed by atoms with Gasteiger partial charge in [0.25, 0.3) is 5.91 Å². The smallest absolute Gasteiger partial charge is 0.253 e. The number of hydrogen-bond acceptors (Lipinski definition) is 3. The molecule has 0 unspecified atom stereocenters. The molecule has 0 spiro atoms. The minimum absolute atomic E-state index is 0.108. The molecule has 1 aromatic carbocycles. The molecule has 3 rings (SSSR count). The second-order valence-electron chi connectivity index (χ2n) is 5.92. The first-order valence-corrected chi connectivity index (χ1v) is 8.38. The molecule has 2 amide bonds. The van der Waals surface area contributed by atoms with Crippen molar-refractivity contribution >= 4 is 29.2 Å². The maximum atomic E-state index is 13.0. The van der Waals surface area contributed by atoms with Crippen molar-refractivity contribution in [2.24, 2.45) is 5.92 Å². The number of amides is 2. The molecule has 130 valence electrons. The van der Waals surface area contributed by atoms with E-state index in [2.05, 4.69) is 10.3 Å². The zero-order valence-electron chi connectivity index (χ0n) is 13.4. The number of aromatic nitrogens is 1. The van der Waals surface area contributed by atoms with Crippen molar-refractivity contribution in [3.63, 3.8) is 0 Å². The Kier molecular flexibility index (Phi) is 5.28. The van der Waals surface area contributed by atoms with Crippen LogP contribution in [0.2, 0.25) is 5.02 Å². The van der Waals surface area contributed by atoms with Crippen LogP contribution in [0.15, 0.2) is 42.6 Å². The van der Waals surface area contributed by atoms with Gasteiger partial charge in [-0.2, -0.15) is 0 Å². The summed E-state index contributed by atoms with van der Waals surface area (Å²) in [5, 5.41) is 3.27. The van der Waals surface area contributed by atoms with E-state index in [1.165, 1.54) is 30.5 Å². The van der Waals surface area contributed by atoms with E-state index in [0.29, 0.717) is 42.3 Å². The summed E-state index contributed by atoms with van der Waals surface area (Å²) in [6.07, 6.45) is 2.62. The molecule has 0 atom stereocenters. The van der Waals surface area contributed by atoms with Crippen LogP contribution in [-0.2, 0) is 4.79 Å². The highest BCUT2D eigenvalue weighted by Gasteiger charge is 2.28. The van der Waals surface area contributed by atoms with E-state index in [4.69, 9.17) is 11.6 Å². The second kappa shape index (κ2) is 7.61. The van der Waals surface area contributed by atoms with Gasteiger partial charge in [0.05, 0.1) is 5.02 Å². The summed E-state index contributed by atoms with van der Waals surface area (Å²) in [6.45, 7) is 0.977. The van der Waals surface area contributed by atoms with Crippen LogP contribution >= 0.6 is 11.6 Å². The summed E-state index contributed by atoms with van der Waals surface area (Å²) >= 11 is 5.77. The van der Waals surface area contributed by atoms with E-state index in [-0.39, 0.29) is 23.5 Å². The first-order chi connectivity index (χ1) is 12.0. The van der Waals surface area contributed by atoms with Gasteiger partial charge in [0.15, 0.2) is 0 Å². The summed E-state index contributed by atoms with van der Waals surface area (Å²) in [4.78, 5) is 30.4. The van der Waals surface area contributed by atoms with Crippen LogP contribution in [0.25, 0.3) is 0 Å². The van der Waals surface area contributed by atoms with Gasteiger partial charge in [-0.3, -0.25) is 9.59 Å². The molecule has 0 bridgehead atoms. The average Bonchev–Trinajstić information content (AvgIpc) is 2.64. The van der Waals surface area contributed by atoms with Crippen LogP contribution in [0.4, 0.5) is 10.2 Å². The minimum Gasteiger partial charge on any atom is -0.339 e. The molecule has 7 heteroatoms. The number of carbonyl (C=O) groups excluding carboxylic acids is 2. The molecule has 25 heavy (non-hydrogen) atoms. The lowest BCUT2D eigenvalue weighted by atomic mass is 9.95. The molecule has 2 heterocycles. The van der Waals surface area contributed by atoms with Gasteiger partial charge >= 0.3 is 0 Å². The Morgan fingerprint density at radius 1 is 1.12 bits per heavy atom. The van der Waals surface area contributed by atoms with Gasteiger partial charge in [-0.25, -0.2) is 9.37 Å². The van der Waals surface area contributed by atoms with Crippen molar-refractivity contribution in [2.45, 2.75) is 12.8 Å². The van der Waals surface area contributed by atoms with Gasteiger partial charge in [0, 0.05) is 30.8 Å². The predicted molar refractivity (Wildman–Crippen MR) is 92.9 cm³/mol. The number of carbonyl (C=O) groups is 2. The number of piperidine rings is 1. The monoisotopic (exact) mass is 361 g/mol. The molecule has 1 aliphatic rings. The lowest BCUT2D eigenvalue weighted by molar-refractivity contribution is -0.121. The van der Waals surface area contributed by atoms with Gasteiger partial charge in [-0.1, -0.05) is 11.6 Å². The van der Waals surface area contributed by atoms with Gasteiger partial charge in [-0.15, -0.1) is 0 Å². The Morgan fingerprint density at radius 3 is 2.40 bits per heavy atom. The summed E-state index contributed by atoms with van der Waals surface area (Å²) in [5.74, 6) is -0.335. The number of benzene rings is 1. The van der Waals surface area contributed by atoms with Crippen molar-refractivity contribution in [3.8, 4) is 0 Å². The van der Waals surface area contributed by atoms with E-state index in [0.717, 1.165) is 0 Å². The van der Waals surface area contributed by atoms with E-state index in [1.54, 1.807) is 17.0 Å². The maximum absolute atomic E-state index is 13.0. The standard InChI is InChI=1S/C18H17ClFN3O2/c19-14-3-6-16(21-11-14)22-17(24)12-7-9-23(10-8-12)18(25)13-1-4-15(20)5-2-13/h1-6,11-12H,7-10H2,(H,21,22,24). The molecular weight excluding hydrogens is 345 g/mol. The Balaban J connectivity index is 1.54. The van der Waals surface area contributed by atoms with Crippen LogP contribution in [0, 0.1) is 11.7 Å². The number of rotatable bonds is 3. The van der Waals surface area contributed by atoms with Crippen LogP contribution in [0.5, 0.6) is 0 Å². The summed E-state index contributed by atoms with van der Waals surface area (Å²) < 4.78 is 13.0. The summed E-state index contributed by atoms with van der Waals surface area (Å²) in [7, 11) is 0. The highest BCUT2D eigenvalue weighted by Crippen LogP contribution is 2.21. The molecule has 0 saturated carbocycles. The number of nitrogens with one attached hydrogen (secondary N) is 1. The number of halogens is 2. The molecule has 2 aromatic rings. The number of nitrogens with zero attached hydrogens (tertiary/aromatic N) is 2. The first-order valence-electron chi connectivity index (χ1n) is 8.00.